The average Bonchev–Trinajstić information content (AvgIpc) is 2.82. The lowest BCUT2D eigenvalue weighted by atomic mass is 9.94. The molecule has 7 nitrogen and oxygen atoms in total. The van der Waals surface area contributed by atoms with Crippen LogP contribution in [0, 0.1) is 21.4 Å². The Hall–Kier alpha value is -3.52. The number of non-ortho nitro benzene ring substituents is 1. The van der Waals surface area contributed by atoms with E-state index in [9.17, 15) is 33.3 Å². The molecule has 2 atom stereocenters. The predicted molar refractivity (Wildman–Crippen MR) is 129 cm³/mol. The minimum Gasteiger partial charge on any atom is -0.454 e. The maximum absolute atomic E-state index is 13.0. The molecule has 0 spiro atoms. The van der Waals surface area contributed by atoms with E-state index >= 15 is 0 Å². The lowest BCUT2D eigenvalue weighted by Crippen LogP contribution is -2.29. The van der Waals surface area contributed by atoms with Gasteiger partial charge in [0, 0.05) is 12.1 Å². The molecule has 13 heteroatoms. The average molecular weight is 574 g/mol. The maximum atomic E-state index is 13.0. The van der Waals surface area contributed by atoms with Crippen molar-refractivity contribution < 1.29 is 32.4 Å². The van der Waals surface area contributed by atoms with Crippen molar-refractivity contribution in [2.45, 2.75) is 24.8 Å². The molecule has 0 N–H and O–H groups in total. The molecule has 37 heavy (non-hydrogen) atoms. The highest BCUT2D eigenvalue weighted by atomic mass is 35.5. The lowest BCUT2D eigenvalue weighted by molar-refractivity contribution is -0.384. The fourth-order valence-electron chi connectivity index (χ4n) is 3.13. The largest absolute Gasteiger partial charge is 0.454 e. The van der Waals surface area contributed by atoms with E-state index < -0.39 is 46.1 Å². The summed E-state index contributed by atoms with van der Waals surface area (Å²) in [4.78, 5) is 23.3. The summed E-state index contributed by atoms with van der Waals surface area (Å²) in [5.74, 6) is -2.15. The number of nitrogens with zero attached hydrogens (tertiary/aromatic N) is 2. The second kappa shape index (κ2) is 11.7. The van der Waals surface area contributed by atoms with Crippen LogP contribution in [-0.2, 0) is 11.0 Å². The number of nitro groups is 1. The smallest absolute Gasteiger partial charge is 0.416 e. The van der Waals surface area contributed by atoms with E-state index in [2.05, 4.69) is 0 Å². The number of carbonyl (C=O) groups excluding carboxylic acids is 1. The number of nitro benzene ring substituents is 1. The standard InChI is InChI=1S/C24H14Cl3F3N2O5/c25-18-7-1-13(9-19(18)26)17(12-31)21(33)11-23(36-16-5-3-15(4-6-16)32(34)35)37-22-8-2-14(10-20(22)27)24(28,29)30/h1-10,17,23H,11H2. The van der Waals surface area contributed by atoms with Crippen molar-refractivity contribution in [2.75, 3.05) is 0 Å². The first-order valence-electron chi connectivity index (χ1n) is 10.2. The molecule has 3 aromatic carbocycles. The third kappa shape index (κ3) is 7.26. The van der Waals surface area contributed by atoms with Gasteiger partial charge in [-0.1, -0.05) is 40.9 Å². The van der Waals surface area contributed by atoms with Gasteiger partial charge in [0.1, 0.15) is 17.4 Å². The fraction of sp³-hybridized carbons (Fsp3) is 0.167. The van der Waals surface area contributed by atoms with Crippen molar-refractivity contribution >= 4 is 46.3 Å². The van der Waals surface area contributed by atoms with Crippen LogP contribution in [0.3, 0.4) is 0 Å². The van der Waals surface area contributed by atoms with Crippen LogP contribution in [0.15, 0.2) is 60.7 Å². The molecule has 0 radical (unpaired) electrons. The fourth-order valence-corrected chi connectivity index (χ4v) is 3.66. The minimum absolute atomic E-state index is 0.0504. The van der Waals surface area contributed by atoms with E-state index in [0.29, 0.717) is 6.07 Å². The van der Waals surface area contributed by atoms with Crippen LogP contribution < -0.4 is 9.47 Å². The van der Waals surface area contributed by atoms with Crippen molar-refractivity contribution in [3.8, 4) is 17.6 Å². The Morgan fingerprint density at radius 2 is 1.65 bits per heavy atom. The summed E-state index contributed by atoms with van der Waals surface area (Å²) < 4.78 is 50.2. The number of carbonyl (C=O) groups is 1. The van der Waals surface area contributed by atoms with Gasteiger partial charge in [-0.3, -0.25) is 14.9 Å². The van der Waals surface area contributed by atoms with Gasteiger partial charge >= 0.3 is 6.18 Å². The number of halogens is 6. The first-order valence-corrected chi connectivity index (χ1v) is 11.3. The van der Waals surface area contributed by atoms with E-state index in [1.54, 1.807) is 0 Å². The predicted octanol–water partition coefficient (Wildman–Crippen LogP) is 7.62. The van der Waals surface area contributed by atoms with E-state index in [1.165, 1.54) is 30.3 Å². The number of alkyl halides is 3. The highest BCUT2D eigenvalue weighted by molar-refractivity contribution is 6.42. The zero-order valence-corrected chi connectivity index (χ0v) is 20.6. The maximum Gasteiger partial charge on any atom is 0.416 e. The summed E-state index contributed by atoms with van der Waals surface area (Å²) in [6.45, 7) is 0. The van der Waals surface area contributed by atoms with Crippen molar-refractivity contribution in [2.24, 2.45) is 0 Å². The molecule has 0 aromatic heterocycles. The van der Waals surface area contributed by atoms with Gasteiger partial charge in [-0.25, -0.2) is 0 Å². The number of benzene rings is 3. The van der Waals surface area contributed by atoms with Crippen LogP contribution in [-0.4, -0.2) is 17.0 Å². The Balaban J connectivity index is 1.89. The zero-order valence-electron chi connectivity index (χ0n) is 18.3. The summed E-state index contributed by atoms with van der Waals surface area (Å²) in [5.41, 5.74) is -0.989. The number of rotatable bonds is 9. The third-order valence-electron chi connectivity index (χ3n) is 4.93. The number of ketones is 1. The van der Waals surface area contributed by atoms with E-state index in [4.69, 9.17) is 44.3 Å². The van der Waals surface area contributed by atoms with Crippen LogP contribution in [0.25, 0.3) is 0 Å². The van der Waals surface area contributed by atoms with Crippen LogP contribution in [0.5, 0.6) is 11.5 Å². The van der Waals surface area contributed by atoms with Gasteiger partial charge < -0.3 is 9.47 Å². The van der Waals surface area contributed by atoms with Gasteiger partial charge in [-0.05, 0) is 48.0 Å². The quantitative estimate of drug-likeness (QED) is 0.148. The van der Waals surface area contributed by atoms with Crippen molar-refractivity contribution in [1.82, 2.24) is 0 Å². The Labute approximate surface area is 223 Å². The number of ether oxygens (including phenoxy) is 2. The van der Waals surface area contributed by atoms with Crippen LogP contribution in [0.2, 0.25) is 15.1 Å². The van der Waals surface area contributed by atoms with E-state index in [-0.39, 0.29) is 32.8 Å². The Morgan fingerprint density at radius 3 is 2.19 bits per heavy atom. The Morgan fingerprint density at radius 1 is 0.973 bits per heavy atom. The SMILES string of the molecule is N#CC(C(=O)CC(Oc1ccc([N+](=O)[O-])cc1)Oc1ccc(C(F)(F)F)cc1Cl)c1ccc(Cl)c(Cl)c1. The molecule has 0 saturated heterocycles. The number of hydrogen-bond donors (Lipinski definition) is 0. The first kappa shape index (κ1) is 28.1. The monoisotopic (exact) mass is 572 g/mol. The van der Waals surface area contributed by atoms with E-state index in [0.717, 1.165) is 24.3 Å². The third-order valence-corrected chi connectivity index (χ3v) is 5.96. The van der Waals surface area contributed by atoms with Crippen LogP contribution in [0.1, 0.15) is 23.5 Å². The van der Waals surface area contributed by atoms with Crippen LogP contribution >= 0.6 is 34.8 Å². The summed E-state index contributed by atoms with van der Waals surface area (Å²) in [5, 5.41) is 20.5. The molecule has 0 bridgehead atoms. The molecule has 0 amide bonds. The van der Waals surface area contributed by atoms with Crippen molar-refractivity contribution in [1.29, 1.82) is 5.26 Å². The lowest BCUT2D eigenvalue weighted by Gasteiger charge is -2.22. The van der Waals surface area contributed by atoms with Gasteiger partial charge in [0.15, 0.2) is 5.78 Å². The van der Waals surface area contributed by atoms with Gasteiger partial charge in [-0.15, -0.1) is 0 Å². The Bertz CT molecular complexity index is 1360. The molecular formula is C24H14Cl3F3N2O5. The molecular weight excluding hydrogens is 560 g/mol. The highest BCUT2D eigenvalue weighted by Crippen LogP contribution is 2.36. The molecule has 0 aliphatic carbocycles. The van der Waals surface area contributed by atoms with Crippen LogP contribution in [0.4, 0.5) is 18.9 Å². The van der Waals surface area contributed by atoms with Gasteiger partial charge in [0.25, 0.3) is 5.69 Å². The van der Waals surface area contributed by atoms with Crippen molar-refractivity contribution in [3.05, 3.63) is 97.0 Å². The number of Topliss-reactive ketones (excluding diaryl/α,β-unsaturated/α-hetero) is 1. The molecule has 2 unspecified atom stereocenters. The topological polar surface area (TPSA) is 102 Å². The molecule has 0 aliphatic rings. The summed E-state index contributed by atoms with van der Waals surface area (Å²) in [6, 6.07) is 13.2. The molecule has 192 valence electrons. The summed E-state index contributed by atoms with van der Waals surface area (Å²) >= 11 is 17.9. The summed E-state index contributed by atoms with van der Waals surface area (Å²) in [6.07, 6.45) is -6.67. The summed E-state index contributed by atoms with van der Waals surface area (Å²) in [7, 11) is 0. The molecule has 0 saturated carbocycles. The zero-order chi connectivity index (χ0) is 27.3. The highest BCUT2D eigenvalue weighted by Gasteiger charge is 2.32. The second-order valence-electron chi connectivity index (χ2n) is 7.47. The second-order valence-corrected chi connectivity index (χ2v) is 8.69. The molecule has 3 aromatic rings. The van der Waals surface area contributed by atoms with Gasteiger partial charge in [0.05, 0.1) is 38.0 Å². The number of nitriles is 1. The van der Waals surface area contributed by atoms with E-state index in [1.807, 2.05) is 6.07 Å². The normalized spacial score (nSPS) is 12.8. The molecule has 0 aliphatic heterocycles. The first-order chi connectivity index (χ1) is 17.4. The Kier molecular flexibility index (Phi) is 8.86. The molecule has 3 rings (SSSR count). The van der Waals surface area contributed by atoms with Gasteiger partial charge in [-0.2, -0.15) is 18.4 Å². The van der Waals surface area contributed by atoms with Crippen molar-refractivity contribution in [3.63, 3.8) is 0 Å². The number of hydrogen-bond acceptors (Lipinski definition) is 6. The molecule has 0 heterocycles. The molecule has 0 fully saturated rings. The minimum atomic E-state index is -4.65. The van der Waals surface area contributed by atoms with Gasteiger partial charge in [0.2, 0.25) is 6.29 Å².